The zero-order valence-electron chi connectivity index (χ0n) is 14.2. The molecule has 136 valence electrons. The Morgan fingerprint density at radius 2 is 1.84 bits per heavy atom. The minimum atomic E-state index is -0.289. The zero-order chi connectivity index (χ0) is 18.0. The van der Waals surface area contributed by atoms with E-state index in [9.17, 15) is 9.59 Å². The number of rotatable bonds is 5. The summed E-state index contributed by atoms with van der Waals surface area (Å²) in [6, 6.07) is 5.09. The van der Waals surface area contributed by atoms with E-state index < -0.39 is 0 Å². The molecule has 25 heavy (non-hydrogen) atoms. The lowest BCUT2D eigenvalue weighted by Crippen LogP contribution is -2.48. The van der Waals surface area contributed by atoms with Crippen LogP contribution >= 0.6 is 23.2 Å². The molecule has 2 amide bonds. The van der Waals surface area contributed by atoms with Crippen molar-refractivity contribution in [2.24, 2.45) is 5.92 Å². The van der Waals surface area contributed by atoms with Gasteiger partial charge >= 0.3 is 0 Å². The molecule has 1 aromatic rings. The number of benzene rings is 1. The number of carbonyl (C=O) groups is 2. The van der Waals surface area contributed by atoms with Crippen LogP contribution in [0.2, 0.25) is 10.0 Å². The molecule has 5 nitrogen and oxygen atoms in total. The maximum absolute atomic E-state index is 12.5. The van der Waals surface area contributed by atoms with Crippen LogP contribution in [0.1, 0.15) is 32.6 Å². The van der Waals surface area contributed by atoms with Gasteiger partial charge in [-0.05, 0) is 63.9 Å². The fourth-order valence-corrected chi connectivity index (χ4v) is 3.43. The van der Waals surface area contributed by atoms with Gasteiger partial charge in [0.25, 0.3) is 0 Å². The first-order chi connectivity index (χ1) is 11.9. The van der Waals surface area contributed by atoms with Gasteiger partial charge < -0.3 is 10.6 Å². The highest BCUT2D eigenvalue weighted by Gasteiger charge is 2.32. The number of nitrogens with one attached hydrogen (secondary N) is 2. The lowest BCUT2D eigenvalue weighted by Gasteiger charge is -2.34. The Balaban J connectivity index is 1.51. The highest BCUT2D eigenvalue weighted by atomic mass is 35.5. The van der Waals surface area contributed by atoms with Crippen LogP contribution in [0.4, 0.5) is 5.69 Å². The molecule has 2 aliphatic rings. The van der Waals surface area contributed by atoms with E-state index in [0.29, 0.717) is 21.8 Å². The minimum absolute atomic E-state index is 0.0643. The molecule has 0 bridgehead atoms. The summed E-state index contributed by atoms with van der Waals surface area (Å²) in [7, 11) is 0. The van der Waals surface area contributed by atoms with Crippen molar-refractivity contribution in [2.75, 3.05) is 18.4 Å². The highest BCUT2D eigenvalue weighted by Crippen LogP contribution is 2.27. The predicted molar refractivity (Wildman–Crippen MR) is 100 cm³/mol. The van der Waals surface area contributed by atoms with Crippen LogP contribution in [-0.4, -0.2) is 41.9 Å². The Hall–Kier alpha value is -1.30. The van der Waals surface area contributed by atoms with Crippen LogP contribution in [-0.2, 0) is 9.59 Å². The summed E-state index contributed by atoms with van der Waals surface area (Å²) >= 11 is 12.1. The summed E-state index contributed by atoms with van der Waals surface area (Å²) in [6.45, 7) is 3.35. The van der Waals surface area contributed by atoms with Crippen molar-refractivity contribution in [3.63, 3.8) is 0 Å². The molecule has 0 radical (unpaired) electrons. The van der Waals surface area contributed by atoms with Gasteiger partial charge in [0.2, 0.25) is 11.8 Å². The maximum atomic E-state index is 12.5. The van der Waals surface area contributed by atoms with Crippen molar-refractivity contribution in [3.8, 4) is 0 Å². The van der Waals surface area contributed by atoms with Gasteiger partial charge in [-0.15, -0.1) is 0 Å². The lowest BCUT2D eigenvalue weighted by atomic mass is 9.95. The normalized spacial score (nSPS) is 20.1. The fraction of sp³-hybridized carbons (Fsp3) is 0.556. The summed E-state index contributed by atoms with van der Waals surface area (Å²) in [5.74, 6) is 0.115. The van der Waals surface area contributed by atoms with Crippen molar-refractivity contribution in [2.45, 2.75) is 44.7 Å². The number of anilines is 1. The Kier molecular flexibility index (Phi) is 5.87. The summed E-state index contributed by atoms with van der Waals surface area (Å²) < 4.78 is 0. The molecule has 1 aromatic carbocycles. The van der Waals surface area contributed by atoms with Crippen LogP contribution in [0.3, 0.4) is 0 Å². The summed E-state index contributed by atoms with van der Waals surface area (Å²) in [5, 5.41) is 6.89. The molecule has 1 aliphatic carbocycles. The highest BCUT2D eigenvalue weighted by molar-refractivity contribution is 6.35. The molecule has 1 atom stereocenters. The number of carbonyl (C=O) groups excluding carboxylic acids is 2. The lowest BCUT2D eigenvalue weighted by molar-refractivity contribution is -0.127. The number of hydrogen-bond donors (Lipinski definition) is 2. The van der Waals surface area contributed by atoms with E-state index in [1.165, 1.54) is 0 Å². The van der Waals surface area contributed by atoms with Crippen molar-refractivity contribution in [1.82, 2.24) is 10.2 Å². The van der Waals surface area contributed by atoms with Crippen LogP contribution in [0, 0.1) is 5.92 Å². The third-order valence-electron chi connectivity index (χ3n) is 4.94. The van der Waals surface area contributed by atoms with Crippen molar-refractivity contribution < 1.29 is 9.59 Å². The van der Waals surface area contributed by atoms with E-state index in [1.54, 1.807) is 18.2 Å². The second-order valence-electron chi connectivity index (χ2n) is 6.88. The smallest absolute Gasteiger partial charge is 0.241 e. The summed E-state index contributed by atoms with van der Waals surface area (Å²) in [4.78, 5) is 26.7. The first-order valence-electron chi connectivity index (χ1n) is 8.74. The molecule has 1 unspecified atom stereocenters. The van der Waals surface area contributed by atoms with Gasteiger partial charge in [0.05, 0.1) is 16.8 Å². The van der Waals surface area contributed by atoms with Gasteiger partial charge in [-0.1, -0.05) is 23.2 Å². The average molecular weight is 384 g/mol. The second kappa shape index (κ2) is 7.94. The van der Waals surface area contributed by atoms with E-state index in [0.717, 1.165) is 38.8 Å². The third kappa shape index (κ3) is 4.87. The first-order valence-corrected chi connectivity index (χ1v) is 9.50. The predicted octanol–water partition coefficient (Wildman–Crippen LogP) is 3.31. The van der Waals surface area contributed by atoms with Gasteiger partial charge in [0, 0.05) is 17.0 Å². The zero-order valence-corrected chi connectivity index (χ0v) is 15.7. The number of halogens is 2. The average Bonchev–Trinajstić information content (AvgIpc) is 3.41. The van der Waals surface area contributed by atoms with Crippen LogP contribution in [0.15, 0.2) is 18.2 Å². The maximum Gasteiger partial charge on any atom is 0.241 e. The topological polar surface area (TPSA) is 61.4 Å². The fourth-order valence-electron chi connectivity index (χ4n) is 3.09. The third-order valence-corrected chi connectivity index (χ3v) is 5.50. The van der Waals surface area contributed by atoms with E-state index in [-0.39, 0.29) is 23.8 Å². The monoisotopic (exact) mass is 383 g/mol. The minimum Gasteiger partial charge on any atom is -0.353 e. The quantitative estimate of drug-likeness (QED) is 0.819. The first kappa shape index (κ1) is 18.5. The number of amides is 2. The van der Waals surface area contributed by atoms with E-state index in [4.69, 9.17) is 23.2 Å². The van der Waals surface area contributed by atoms with Gasteiger partial charge in [-0.2, -0.15) is 0 Å². The molecule has 1 saturated heterocycles. The van der Waals surface area contributed by atoms with Gasteiger partial charge in [-0.3, -0.25) is 14.5 Å². The molecular weight excluding hydrogens is 361 g/mol. The standard InChI is InChI=1S/C18H23Cl2N3O2/c1-11(17(24)22-16-10-13(19)2-5-15(16)20)23-8-6-12(7-9-23)18(25)21-14-3-4-14/h2,5,10-12,14H,3-4,6-9H2,1H3,(H,21,25)(H,22,24). The molecule has 0 spiro atoms. The summed E-state index contributed by atoms with van der Waals surface area (Å²) in [6.07, 6.45) is 3.78. The van der Waals surface area contributed by atoms with Crippen molar-refractivity contribution in [1.29, 1.82) is 0 Å². The van der Waals surface area contributed by atoms with Crippen molar-refractivity contribution >= 4 is 40.7 Å². The Morgan fingerprint density at radius 1 is 1.16 bits per heavy atom. The van der Waals surface area contributed by atoms with Gasteiger partial charge in [-0.25, -0.2) is 0 Å². The molecule has 2 fully saturated rings. The molecule has 2 N–H and O–H groups in total. The van der Waals surface area contributed by atoms with E-state index >= 15 is 0 Å². The largest absolute Gasteiger partial charge is 0.353 e. The van der Waals surface area contributed by atoms with Gasteiger partial charge in [0.1, 0.15) is 0 Å². The Bertz CT molecular complexity index is 656. The SMILES string of the molecule is CC(C(=O)Nc1cc(Cl)ccc1Cl)N1CCC(C(=O)NC2CC2)CC1. The number of likely N-dealkylation sites (tertiary alicyclic amines) is 1. The van der Waals surface area contributed by atoms with Crippen molar-refractivity contribution in [3.05, 3.63) is 28.2 Å². The molecule has 1 heterocycles. The Labute approximate surface area is 158 Å². The number of hydrogen-bond acceptors (Lipinski definition) is 3. The number of nitrogens with zero attached hydrogens (tertiary/aromatic N) is 1. The molecule has 1 aliphatic heterocycles. The van der Waals surface area contributed by atoms with E-state index in [1.807, 2.05) is 6.92 Å². The van der Waals surface area contributed by atoms with Crippen LogP contribution < -0.4 is 10.6 Å². The van der Waals surface area contributed by atoms with E-state index in [2.05, 4.69) is 15.5 Å². The number of piperidine rings is 1. The van der Waals surface area contributed by atoms with Crippen LogP contribution in [0.5, 0.6) is 0 Å². The molecule has 7 heteroatoms. The summed E-state index contributed by atoms with van der Waals surface area (Å²) in [5.41, 5.74) is 0.518. The molecule has 0 aromatic heterocycles. The Morgan fingerprint density at radius 3 is 2.48 bits per heavy atom. The molecule has 3 rings (SSSR count). The van der Waals surface area contributed by atoms with Gasteiger partial charge in [0.15, 0.2) is 0 Å². The van der Waals surface area contributed by atoms with Crippen LogP contribution in [0.25, 0.3) is 0 Å². The second-order valence-corrected chi connectivity index (χ2v) is 7.73. The molecular formula is C18H23Cl2N3O2. The molecule has 1 saturated carbocycles.